The molecule has 0 unspecified atom stereocenters. The van der Waals surface area contributed by atoms with Crippen LogP contribution in [0.3, 0.4) is 0 Å². The molecule has 0 saturated heterocycles. The van der Waals surface area contributed by atoms with Crippen LogP contribution in [0.15, 0.2) is 41.4 Å². The van der Waals surface area contributed by atoms with Crippen LogP contribution < -0.4 is 5.32 Å². The van der Waals surface area contributed by atoms with E-state index in [0.29, 0.717) is 22.5 Å². The van der Waals surface area contributed by atoms with Crippen molar-refractivity contribution in [2.24, 2.45) is 0 Å². The van der Waals surface area contributed by atoms with Crippen molar-refractivity contribution in [1.29, 1.82) is 0 Å². The molecule has 1 saturated carbocycles. The van der Waals surface area contributed by atoms with Gasteiger partial charge >= 0.3 is 0 Å². The second kappa shape index (κ2) is 6.22. The van der Waals surface area contributed by atoms with Crippen LogP contribution in [0.1, 0.15) is 12.8 Å². The minimum atomic E-state index is -0.277. The van der Waals surface area contributed by atoms with Gasteiger partial charge in [-0.15, -0.1) is 10.2 Å². The van der Waals surface area contributed by atoms with Crippen LogP contribution in [0, 0.1) is 5.82 Å². The molecule has 0 spiro atoms. The first-order valence-corrected chi connectivity index (χ1v) is 7.71. The fourth-order valence-electron chi connectivity index (χ4n) is 1.81. The summed E-state index contributed by atoms with van der Waals surface area (Å²) in [6, 6.07) is 10.1. The fourth-order valence-corrected chi connectivity index (χ4v) is 2.43. The van der Waals surface area contributed by atoms with Gasteiger partial charge in [0, 0.05) is 11.6 Å². The summed E-state index contributed by atoms with van der Waals surface area (Å²) in [5, 5.41) is 11.8. The minimum absolute atomic E-state index is 0.0342. The predicted molar refractivity (Wildman–Crippen MR) is 79.3 cm³/mol. The van der Waals surface area contributed by atoms with E-state index in [1.54, 1.807) is 12.1 Å². The lowest BCUT2D eigenvalue weighted by molar-refractivity contribution is -0.118. The van der Waals surface area contributed by atoms with Crippen LogP contribution in [0.5, 0.6) is 0 Å². The van der Waals surface area contributed by atoms with Gasteiger partial charge in [0.15, 0.2) is 0 Å². The van der Waals surface area contributed by atoms with Gasteiger partial charge in [0.1, 0.15) is 10.8 Å². The van der Waals surface area contributed by atoms with Crippen molar-refractivity contribution in [3.8, 4) is 11.3 Å². The average Bonchev–Trinajstić information content (AvgIpc) is 3.30. The maximum absolute atomic E-state index is 12.9. The largest absolute Gasteiger partial charge is 0.353 e. The van der Waals surface area contributed by atoms with E-state index < -0.39 is 0 Å². The number of carbonyl (C=O) groups is 1. The standard InChI is InChI=1S/C15H14FN3OS/c16-11-3-1-10(2-4-11)13-7-8-15(19-18-13)21-9-14(20)17-12-5-6-12/h1-4,7-8,12H,5-6,9H2,(H,17,20). The van der Waals surface area contributed by atoms with E-state index in [-0.39, 0.29) is 11.7 Å². The number of nitrogens with one attached hydrogen (secondary N) is 1. The highest BCUT2D eigenvalue weighted by molar-refractivity contribution is 7.99. The molecule has 2 aromatic rings. The third kappa shape index (κ3) is 4.01. The number of hydrogen-bond donors (Lipinski definition) is 1. The molecule has 1 heterocycles. The zero-order chi connectivity index (χ0) is 14.7. The first kappa shape index (κ1) is 14.0. The minimum Gasteiger partial charge on any atom is -0.353 e. The molecule has 1 amide bonds. The van der Waals surface area contributed by atoms with Gasteiger partial charge in [-0.05, 0) is 49.2 Å². The predicted octanol–water partition coefficient (Wildman–Crippen LogP) is 2.65. The molecular formula is C15H14FN3OS. The van der Waals surface area contributed by atoms with E-state index >= 15 is 0 Å². The molecule has 1 aliphatic carbocycles. The number of thioether (sulfide) groups is 1. The van der Waals surface area contributed by atoms with Crippen molar-refractivity contribution in [3.05, 3.63) is 42.2 Å². The molecule has 1 aromatic heterocycles. The number of amides is 1. The Morgan fingerprint density at radius 3 is 2.57 bits per heavy atom. The molecule has 0 radical (unpaired) electrons. The number of aromatic nitrogens is 2. The molecule has 0 bridgehead atoms. The monoisotopic (exact) mass is 303 g/mol. The van der Waals surface area contributed by atoms with E-state index in [2.05, 4.69) is 15.5 Å². The summed E-state index contributed by atoms with van der Waals surface area (Å²) in [7, 11) is 0. The Morgan fingerprint density at radius 2 is 1.95 bits per heavy atom. The highest BCUT2D eigenvalue weighted by Gasteiger charge is 2.23. The first-order chi connectivity index (χ1) is 10.2. The normalized spacial score (nSPS) is 14.0. The van der Waals surface area contributed by atoms with Crippen LogP contribution >= 0.6 is 11.8 Å². The summed E-state index contributed by atoms with van der Waals surface area (Å²) in [5.74, 6) is 0.105. The number of benzene rings is 1. The number of carbonyl (C=O) groups excluding carboxylic acids is 1. The van der Waals surface area contributed by atoms with Gasteiger partial charge in [0.2, 0.25) is 5.91 Å². The van der Waals surface area contributed by atoms with Gasteiger partial charge in [-0.1, -0.05) is 11.8 Å². The van der Waals surface area contributed by atoms with E-state index in [1.807, 2.05) is 12.1 Å². The van der Waals surface area contributed by atoms with Crippen molar-refractivity contribution < 1.29 is 9.18 Å². The average molecular weight is 303 g/mol. The molecule has 1 aliphatic rings. The second-order valence-corrected chi connectivity index (χ2v) is 5.89. The number of nitrogens with zero attached hydrogens (tertiary/aromatic N) is 2. The van der Waals surface area contributed by atoms with Crippen molar-refractivity contribution in [3.63, 3.8) is 0 Å². The molecule has 0 atom stereocenters. The Bertz CT molecular complexity index is 626. The zero-order valence-corrected chi connectivity index (χ0v) is 12.1. The van der Waals surface area contributed by atoms with E-state index in [0.717, 1.165) is 18.4 Å². The summed E-state index contributed by atoms with van der Waals surface area (Å²) >= 11 is 1.36. The van der Waals surface area contributed by atoms with Crippen molar-refractivity contribution in [2.45, 2.75) is 23.9 Å². The maximum atomic E-state index is 12.9. The van der Waals surface area contributed by atoms with E-state index in [1.165, 1.54) is 23.9 Å². The topological polar surface area (TPSA) is 54.9 Å². The molecule has 3 rings (SSSR count). The maximum Gasteiger partial charge on any atom is 0.230 e. The summed E-state index contributed by atoms with van der Waals surface area (Å²) < 4.78 is 12.9. The SMILES string of the molecule is O=C(CSc1ccc(-c2ccc(F)cc2)nn1)NC1CC1. The van der Waals surface area contributed by atoms with E-state index in [9.17, 15) is 9.18 Å². The summed E-state index contributed by atoms with van der Waals surface area (Å²) in [5.41, 5.74) is 1.49. The van der Waals surface area contributed by atoms with Crippen molar-refractivity contribution >= 4 is 17.7 Å². The quantitative estimate of drug-likeness (QED) is 0.863. The second-order valence-electron chi connectivity index (χ2n) is 4.89. The third-order valence-electron chi connectivity index (χ3n) is 3.07. The summed E-state index contributed by atoms with van der Waals surface area (Å²) in [6.45, 7) is 0. The fraction of sp³-hybridized carbons (Fsp3) is 0.267. The smallest absolute Gasteiger partial charge is 0.230 e. The summed E-state index contributed by atoms with van der Waals surface area (Å²) in [4.78, 5) is 11.6. The molecule has 108 valence electrons. The van der Waals surface area contributed by atoms with Crippen molar-refractivity contribution in [1.82, 2.24) is 15.5 Å². The number of rotatable bonds is 5. The van der Waals surface area contributed by atoms with Gasteiger partial charge in [-0.25, -0.2) is 4.39 Å². The van der Waals surface area contributed by atoms with E-state index in [4.69, 9.17) is 0 Å². The lowest BCUT2D eigenvalue weighted by Crippen LogP contribution is -2.27. The van der Waals surface area contributed by atoms with Crippen molar-refractivity contribution in [2.75, 3.05) is 5.75 Å². The Morgan fingerprint density at radius 1 is 1.19 bits per heavy atom. The number of hydrogen-bond acceptors (Lipinski definition) is 4. The Labute approximate surface area is 126 Å². The number of halogens is 1. The molecule has 0 aliphatic heterocycles. The lowest BCUT2D eigenvalue weighted by atomic mass is 10.1. The van der Waals surface area contributed by atoms with Crippen LogP contribution in [0.4, 0.5) is 4.39 Å². The third-order valence-corrected chi connectivity index (χ3v) is 3.99. The Hall–Kier alpha value is -1.95. The van der Waals surface area contributed by atoms with Crippen LogP contribution in [-0.2, 0) is 4.79 Å². The molecule has 21 heavy (non-hydrogen) atoms. The zero-order valence-electron chi connectivity index (χ0n) is 11.3. The lowest BCUT2D eigenvalue weighted by Gasteiger charge is -2.03. The first-order valence-electron chi connectivity index (χ1n) is 6.72. The van der Waals surface area contributed by atoms with Gasteiger partial charge in [-0.2, -0.15) is 0 Å². The highest BCUT2D eigenvalue weighted by Crippen LogP contribution is 2.21. The van der Waals surface area contributed by atoms with Gasteiger partial charge in [0.05, 0.1) is 11.4 Å². The van der Waals surface area contributed by atoms with Crippen LogP contribution in [0.2, 0.25) is 0 Å². The van der Waals surface area contributed by atoms with Gasteiger partial charge < -0.3 is 5.32 Å². The molecule has 6 heteroatoms. The van der Waals surface area contributed by atoms with Gasteiger partial charge in [-0.3, -0.25) is 4.79 Å². The molecule has 1 aromatic carbocycles. The molecule has 4 nitrogen and oxygen atoms in total. The molecule has 1 fully saturated rings. The van der Waals surface area contributed by atoms with Crippen LogP contribution in [0.25, 0.3) is 11.3 Å². The Balaban J connectivity index is 1.58. The Kier molecular flexibility index (Phi) is 4.15. The molecular weight excluding hydrogens is 289 g/mol. The highest BCUT2D eigenvalue weighted by atomic mass is 32.2. The van der Waals surface area contributed by atoms with Gasteiger partial charge in [0.25, 0.3) is 0 Å². The van der Waals surface area contributed by atoms with Crippen LogP contribution in [-0.4, -0.2) is 27.9 Å². The summed E-state index contributed by atoms with van der Waals surface area (Å²) in [6.07, 6.45) is 2.17. The molecule has 1 N–H and O–H groups in total.